The molecule has 14 heavy (non-hydrogen) atoms. The molecule has 0 amide bonds. The van der Waals surface area contributed by atoms with Crippen molar-refractivity contribution >= 4 is 10.9 Å². The van der Waals surface area contributed by atoms with Crippen LogP contribution in [0.2, 0.25) is 0 Å². The van der Waals surface area contributed by atoms with Gasteiger partial charge in [0, 0.05) is 18.1 Å². The molecule has 0 radical (unpaired) electrons. The third kappa shape index (κ3) is 1.18. The zero-order chi connectivity index (χ0) is 10.3. The van der Waals surface area contributed by atoms with Gasteiger partial charge in [0.1, 0.15) is 5.75 Å². The molecule has 0 aliphatic rings. The van der Waals surface area contributed by atoms with Crippen molar-refractivity contribution in [1.29, 1.82) is 0 Å². The Morgan fingerprint density at radius 1 is 1.14 bits per heavy atom. The Balaban J connectivity index is 2.83. The van der Waals surface area contributed by atoms with Gasteiger partial charge in [-0.25, -0.2) is 0 Å². The Bertz CT molecular complexity index is 483. The first-order valence-corrected chi connectivity index (χ1v) is 4.74. The lowest BCUT2D eigenvalue weighted by molar-refractivity contribution is 0.415. The molecule has 1 heterocycles. The quantitative estimate of drug-likeness (QED) is 0.672. The Morgan fingerprint density at radius 3 is 2.50 bits per heavy atom. The molecule has 0 saturated carbocycles. The van der Waals surface area contributed by atoms with E-state index >= 15 is 0 Å². The highest BCUT2D eigenvalue weighted by atomic mass is 16.5. The molecule has 1 aromatic heterocycles. The Kier molecular flexibility index (Phi) is 1.99. The summed E-state index contributed by atoms with van der Waals surface area (Å²) in [5, 5.41) is 1.25. The second-order valence-corrected chi connectivity index (χ2v) is 3.73. The van der Waals surface area contributed by atoms with Gasteiger partial charge in [-0.15, -0.1) is 0 Å². The average molecular weight is 189 g/mol. The SMILES string of the molecule is COc1cc(C)c2c(c1)cc(C)n2C. The molecular formula is C12H15NO. The normalized spacial score (nSPS) is 10.9. The summed E-state index contributed by atoms with van der Waals surface area (Å²) < 4.78 is 7.46. The molecule has 2 aromatic rings. The van der Waals surface area contributed by atoms with Crippen molar-refractivity contribution in [2.24, 2.45) is 7.05 Å². The lowest BCUT2D eigenvalue weighted by atomic mass is 10.1. The van der Waals surface area contributed by atoms with E-state index in [0.717, 1.165) is 5.75 Å². The van der Waals surface area contributed by atoms with Crippen LogP contribution in [0.25, 0.3) is 10.9 Å². The van der Waals surface area contributed by atoms with Gasteiger partial charge in [-0.2, -0.15) is 0 Å². The summed E-state index contributed by atoms with van der Waals surface area (Å²) in [6.07, 6.45) is 0. The zero-order valence-corrected chi connectivity index (χ0v) is 9.09. The van der Waals surface area contributed by atoms with Crippen molar-refractivity contribution in [3.8, 4) is 5.75 Å². The molecule has 1 aromatic carbocycles. The van der Waals surface area contributed by atoms with Crippen LogP contribution in [0.1, 0.15) is 11.3 Å². The lowest BCUT2D eigenvalue weighted by Gasteiger charge is -2.05. The maximum absolute atomic E-state index is 5.24. The van der Waals surface area contributed by atoms with Crippen LogP contribution in [0.4, 0.5) is 0 Å². The number of fused-ring (bicyclic) bond motifs is 1. The molecule has 0 bridgehead atoms. The van der Waals surface area contributed by atoms with Gasteiger partial charge in [0.25, 0.3) is 0 Å². The van der Waals surface area contributed by atoms with E-state index < -0.39 is 0 Å². The van der Waals surface area contributed by atoms with E-state index in [1.807, 2.05) is 0 Å². The number of aromatic nitrogens is 1. The molecule has 2 heteroatoms. The second-order valence-electron chi connectivity index (χ2n) is 3.73. The fourth-order valence-electron chi connectivity index (χ4n) is 1.96. The van der Waals surface area contributed by atoms with Gasteiger partial charge in [-0.05, 0) is 37.6 Å². The monoisotopic (exact) mass is 189 g/mol. The molecule has 0 aliphatic carbocycles. The number of methoxy groups -OCH3 is 1. The minimum atomic E-state index is 0.931. The lowest BCUT2D eigenvalue weighted by Crippen LogP contribution is -1.92. The first-order valence-electron chi connectivity index (χ1n) is 4.74. The summed E-state index contributed by atoms with van der Waals surface area (Å²) in [6.45, 7) is 4.23. The summed E-state index contributed by atoms with van der Waals surface area (Å²) in [6, 6.07) is 6.34. The summed E-state index contributed by atoms with van der Waals surface area (Å²) >= 11 is 0. The Morgan fingerprint density at radius 2 is 1.86 bits per heavy atom. The van der Waals surface area contributed by atoms with Crippen LogP contribution in [0.15, 0.2) is 18.2 Å². The molecule has 2 nitrogen and oxygen atoms in total. The number of aryl methyl sites for hydroxylation is 3. The molecule has 0 spiro atoms. The van der Waals surface area contributed by atoms with Crippen LogP contribution in [0.3, 0.4) is 0 Å². The van der Waals surface area contributed by atoms with Crippen LogP contribution in [-0.2, 0) is 7.05 Å². The minimum Gasteiger partial charge on any atom is -0.497 e. The molecule has 0 aliphatic heterocycles. The van der Waals surface area contributed by atoms with Crippen LogP contribution in [-0.4, -0.2) is 11.7 Å². The van der Waals surface area contributed by atoms with E-state index in [9.17, 15) is 0 Å². The summed E-state index contributed by atoms with van der Waals surface area (Å²) in [5.41, 5.74) is 3.83. The minimum absolute atomic E-state index is 0.931. The highest BCUT2D eigenvalue weighted by molar-refractivity contribution is 5.85. The van der Waals surface area contributed by atoms with E-state index in [1.54, 1.807) is 7.11 Å². The summed E-state index contributed by atoms with van der Waals surface area (Å²) in [7, 11) is 3.80. The number of hydrogen-bond acceptors (Lipinski definition) is 1. The van der Waals surface area contributed by atoms with E-state index in [-0.39, 0.29) is 0 Å². The first-order chi connectivity index (χ1) is 6.63. The van der Waals surface area contributed by atoms with Crippen molar-refractivity contribution in [3.05, 3.63) is 29.5 Å². The molecule has 2 rings (SSSR count). The van der Waals surface area contributed by atoms with Gasteiger partial charge < -0.3 is 9.30 Å². The number of nitrogens with zero attached hydrogens (tertiary/aromatic N) is 1. The van der Waals surface area contributed by atoms with Gasteiger partial charge in [-0.1, -0.05) is 0 Å². The van der Waals surface area contributed by atoms with Crippen molar-refractivity contribution in [2.45, 2.75) is 13.8 Å². The van der Waals surface area contributed by atoms with Gasteiger partial charge in [0.2, 0.25) is 0 Å². The standard InChI is InChI=1S/C12H15NO/c1-8-5-11(14-4)7-10-6-9(2)13(3)12(8)10/h5-7H,1-4H3. The van der Waals surface area contributed by atoms with Crippen molar-refractivity contribution < 1.29 is 4.74 Å². The maximum Gasteiger partial charge on any atom is 0.119 e. The number of rotatable bonds is 1. The van der Waals surface area contributed by atoms with E-state index in [2.05, 4.69) is 43.7 Å². The Labute approximate surface area is 84.1 Å². The van der Waals surface area contributed by atoms with Crippen molar-refractivity contribution in [2.75, 3.05) is 7.11 Å². The molecule has 0 N–H and O–H groups in total. The van der Waals surface area contributed by atoms with Crippen LogP contribution >= 0.6 is 0 Å². The van der Waals surface area contributed by atoms with Gasteiger partial charge in [0.15, 0.2) is 0 Å². The summed E-state index contributed by atoms with van der Waals surface area (Å²) in [4.78, 5) is 0. The van der Waals surface area contributed by atoms with Crippen molar-refractivity contribution in [3.63, 3.8) is 0 Å². The highest BCUT2D eigenvalue weighted by Gasteiger charge is 2.06. The smallest absolute Gasteiger partial charge is 0.119 e. The van der Waals surface area contributed by atoms with Gasteiger partial charge in [0.05, 0.1) is 12.6 Å². The zero-order valence-electron chi connectivity index (χ0n) is 9.09. The number of ether oxygens (including phenoxy) is 1. The fraction of sp³-hybridized carbons (Fsp3) is 0.333. The molecule has 0 unspecified atom stereocenters. The van der Waals surface area contributed by atoms with E-state index in [0.29, 0.717) is 0 Å². The molecule has 0 saturated heterocycles. The molecular weight excluding hydrogens is 174 g/mol. The molecule has 0 fully saturated rings. The third-order valence-electron chi connectivity index (χ3n) is 2.77. The predicted molar refractivity (Wildman–Crippen MR) is 58.9 cm³/mol. The topological polar surface area (TPSA) is 14.2 Å². The predicted octanol–water partition coefficient (Wildman–Crippen LogP) is 2.80. The number of benzene rings is 1. The third-order valence-corrected chi connectivity index (χ3v) is 2.77. The largest absolute Gasteiger partial charge is 0.497 e. The summed E-state index contributed by atoms with van der Waals surface area (Å²) in [5.74, 6) is 0.931. The van der Waals surface area contributed by atoms with Gasteiger partial charge >= 0.3 is 0 Å². The molecule has 74 valence electrons. The first kappa shape index (κ1) is 9.13. The van der Waals surface area contributed by atoms with Crippen LogP contribution < -0.4 is 4.74 Å². The van der Waals surface area contributed by atoms with Crippen molar-refractivity contribution in [1.82, 2.24) is 4.57 Å². The van der Waals surface area contributed by atoms with E-state index in [1.165, 1.54) is 22.2 Å². The van der Waals surface area contributed by atoms with E-state index in [4.69, 9.17) is 4.74 Å². The highest BCUT2D eigenvalue weighted by Crippen LogP contribution is 2.26. The Hall–Kier alpha value is -1.44. The van der Waals surface area contributed by atoms with Gasteiger partial charge in [-0.3, -0.25) is 0 Å². The van der Waals surface area contributed by atoms with Crippen LogP contribution in [0.5, 0.6) is 5.75 Å². The maximum atomic E-state index is 5.24. The molecule has 0 atom stereocenters. The fourth-order valence-corrected chi connectivity index (χ4v) is 1.96. The van der Waals surface area contributed by atoms with Crippen LogP contribution in [0, 0.1) is 13.8 Å². The average Bonchev–Trinajstić information content (AvgIpc) is 2.43. The number of hydrogen-bond donors (Lipinski definition) is 0. The second kappa shape index (κ2) is 3.05.